The molecule has 6 nitrogen and oxygen atoms in total. The predicted molar refractivity (Wildman–Crippen MR) is 180 cm³/mol. The fourth-order valence-electron chi connectivity index (χ4n) is 12.4. The van der Waals surface area contributed by atoms with Crippen LogP contribution < -0.4 is 4.74 Å². The molecule has 6 heteroatoms. The zero-order valence-electron chi connectivity index (χ0n) is 29.1. The Kier molecular flexibility index (Phi) is 8.14. The molecule has 0 heterocycles. The van der Waals surface area contributed by atoms with Crippen molar-refractivity contribution in [3.63, 3.8) is 0 Å². The molecule has 0 amide bonds. The Morgan fingerprint density at radius 1 is 0.978 bits per heavy atom. The number of carboxylic acids is 1. The van der Waals surface area contributed by atoms with Crippen molar-refractivity contribution in [1.82, 2.24) is 0 Å². The number of phenolic OH excluding ortho intramolecular Hbond substituents is 1. The lowest BCUT2D eigenvalue weighted by Gasteiger charge is -2.71. The van der Waals surface area contributed by atoms with E-state index in [-0.39, 0.29) is 45.7 Å². The van der Waals surface area contributed by atoms with Crippen molar-refractivity contribution in [3.05, 3.63) is 41.5 Å². The number of carboxylic acid groups (broad SMARTS) is 1. The van der Waals surface area contributed by atoms with E-state index in [0.29, 0.717) is 42.8 Å². The van der Waals surface area contributed by atoms with Gasteiger partial charge in [0.25, 0.3) is 0 Å². The van der Waals surface area contributed by atoms with Gasteiger partial charge in [-0.25, -0.2) is 0 Å². The molecule has 3 N–H and O–H groups in total. The number of ketones is 1. The number of benzene rings is 1. The van der Waals surface area contributed by atoms with Crippen LogP contribution in [-0.2, 0) is 9.59 Å². The van der Waals surface area contributed by atoms with Gasteiger partial charge in [0.1, 0.15) is 0 Å². The number of allylic oxidation sites excluding steroid dienone is 3. The van der Waals surface area contributed by atoms with Crippen LogP contribution in [0.4, 0.5) is 0 Å². The van der Waals surface area contributed by atoms with Gasteiger partial charge in [0, 0.05) is 11.8 Å². The Bertz CT molecular complexity index is 1460. The molecular formula is C40H56O6. The lowest BCUT2D eigenvalue weighted by atomic mass is 9.32. The van der Waals surface area contributed by atoms with Crippen molar-refractivity contribution in [2.45, 2.75) is 112 Å². The Morgan fingerprint density at radius 3 is 2.41 bits per heavy atom. The molecule has 0 aliphatic heterocycles. The summed E-state index contributed by atoms with van der Waals surface area (Å²) in [6.45, 7) is 14.0. The van der Waals surface area contributed by atoms with Crippen molar-refractivity contribution in [2.24, 2.45) is 56.7 Å². The van der Waals surface area contributed by atoms with Crippen LogP contribution in [0.1, 0.15) is 111 Å². The van der Waals surface area contributed by atoms with E-state index in [2.05, 4.69) is 47.6 Å². The fourth-order valence-corrected chi connectivity index (χ4v) is 12.4. The first-order chi connectivity index (χ1) is 21.6. The number of aliphatic carboxylic acids is 1. The van der Waals surface area contributed by atoms with E-state index in [0.717, 1.165) is 50.5 Å². The van der Waals surface area contributed by atoms with Crippen LogP contribution in [0, 0.1) is 56.7 Å². The quantitative estimate of drug-likeness (QED) is 0.215. The Labute approximate surface area is 275 Å². The van der Waals surface area contributed by atoms with Crippen LogP contribution >= 0.6 is 0 Å². The van der Waals surface area contributed by atoms with Crippen molar-refractivity contribution in [1.29, 1.82) is 0 Å². The van der Waals surface area contributed by atoms with Crippen LogP contribution in [0.15, 0.2) is 35.9 Å². The number of rotatable bonds is 6. The fraction of sp³-hybridized carbons (Fsp3) is 0.700. The van der Waals surface area contributed by atoms with Gasteiger partial charge in [-0.1, -0.05) is 65.3 Å². The molecule has 0 unspecified atom stereocenters. The number of methoxy groups -OCH3 is 1. The third kappa shape index (κ3) is 4.58. The second-order valence-corrected chi connectivity index (χ2v) is 17.1. The number of aliphatic hydroxyl groups is 1. The molecule has 0 radical (unpaired) electrons. The Balaban J connectivity index is 1.46. The molecule has 46 heavy (non-hydrogen) atoms. The van der Waals surface area contributed by atoms with Gasteiger partial charge >= 0.3 is 5.97 Å². The van der Waals surface area contributed by atoms with E-state index in [1.54, 1.807) is 24.3 Å². The molecule has 4 saturated carbocycles. The van der Waals surface area contributed by atoms with Crippen molar-refractivity contribution >= 4 is 17.8 Å². The van der Waals surface area contributed by atoms with E-state index >= 15 is 0 Å². The average Bonchev–Trinajstić information content (AvgIpc) is 3.00. The van der Waals surface area contributed by atoms with Gasteiger partial charge in [-0.15, -0.1) is 0 Å². The number of hydrogen-bond acceptors (Lipinski definition) is 5. The van der Waals surface area contributed by atoms with E-state index in [9.17, 15) is 24.9 Å². The Hall–Kier alpha value is -2.60. The maximum Gasteiger partial charge on any atom is 0.310 e. The minimum Gasteiger partial charge on any atom is -0.504 e. The molecule has 0 saturated heterocycles. The number of ether oxygens (including phenoxy) is 1. The summed E-state index contributed by atoms with van der Waals surface area (Å²) in [5, 5.41) is 32.1. The first-order valence-corrected chi connectivity index (χ1v) is 17.8. The van der Waals surface area contributed by atoms with Crippen molar-refractivity contribution in [3.8, 4) is 11.5 Å². The van der Waals surface area contributed by atoms with E-state index in [1.807, 2.05) is 6.08 Å². The largest absolute Gasteiger partial charge is 0.504 e. The van der Waals surface area contributed by atoms with Crippen LogP contribution in [0.25, 0.3) is 6.08 Å². The zero-order valence-corrected chi connectivity index (χ0v) is 29.1. The normalized spacial score (nSPS) is 43.0. The molecule has 5 aliphatic carbocycles. The van der Waals surface area contributed by atoms with Gasteiger partial charge in [-0.05, 0) is 127 Å². The molecule has 4 fully saturated rings. The van der Waals surface area contributed by atoms with Gasteiger partial charge in [-0.2, -0.15) is 0 Å². The van der Waals surface area contributed by atoms with Gasteiger partial charge < -0.3 is 20.1 Å². The molecule has 6 rings (SSSR count). The number of carbonyl (C=O) groups is 2. The summed E-state index contributed by atoms with van der Waals surface area (Å²) >= 11 is 0. The van der Waals surface area contributed by atoms with Gasteiger partial charge in [0.05, 0.1) is 18.6 Å². The second-order valence-electron chi connectivity index (χ2n) is 17.1. The topological polar surface area (TPSA) is 104 Å². The first-order valence-electron chi connectivity index (χ1n) is 17.8. The van der Waals surface area contributed by atoms with Crippen molar-refractivity contribution < 1.29 is 29.6 Å². The summed E-state index contributed by atoms with van der Waals surface area (Å²) in [6, 6.07) is 5.09. The predicted octanol–water partition coefficient (Wildman–Crippen LogP) is 8.46. The summed E-state index contributed by atoms with van der Waals surface area (Å²) in [5.74, 6) is 1.14. The SMILES string of the molecule is COc1cc(/C=C\C(=O)C[C@@]23CC[C@@]4(C(=O)O)CC[C@@H](C)[C@H](C)[C@H]4C2=CC[C@@H]2[C@@]4(C)CC[C@H](O)C(C)(C)[C@@H]4CC[C@]23C)ccc1O. The number of hydrogen-bond donors (Lipinski definition) is 3. The van der Waals surface area contributed by atoms with Gasteiger partial charge in [0.2, 0.25) is 0 Å². The molecule has 252 valence electrons. The third-order valence-corrected chi connectivity index (χ3v) is 15.2. The number of fused-ring (bicyclic) bond motifs is 7. The summed E-state index contributed by atoms with van der Waals surface area (Å²) < 4.78 is 5.29. The van der Waals surface area contributed by atoms with Crippen LogP contribution in [0.5, 0.6) is 11.5 Å². The minimum absolute atomic E-state index is 0.0268. The lowest BCUT2D eigenvalue weighted by molar-refractivity contribution is -0.210. The second kappa shape index (κ2) is 11.2. The van der Waals surface area contributed by atoms with Crippen LogP contribution in [0.2, 0.25) is 0 Å². The highest BCUT2D eigenvalue weighted by Crippen LogP contribution is 2.76. The monoisotopic (exact) mass is 632 g/mol. The summed E-state index contributed by atoms with van der Waals surface area (Å²) in [5.41, 5.74) is 0.535. The molecular weight excluding hydrogens is 576 g/mol. The maximum absolute atomic E-state index is 14.3. The molecule has 5 aliphatic rings. The van der Waals surface area contributed by atoms with E-state index in [1.165, 1.54) is 12.7 Å². The standard InChI is InChI=1S/C40H56O6/c1-24-14-19-39(35(44)45)20-21-40(23-27(41)10-8-26-9-12-29(42)30(22-26)46-7)28(34(39)25(24)2)11-13-32-37(5)17-16-33(43)36(3,4)31(37)15-18-38(32,40)6/h8-12,22,24-25,31-34,42-43H,13-21,23H2,1-7H3,(H,44,45)/b10-8-/t24-,25+,31+,32-,33+,34+,37+,38-,39+,40+/m1/s1. The third-order valence-electron chi connectivity index (χ3n) is 15.2. The summed E-state index contributed by atoms with van der Waals surface area (Å²) in [4.78, 5) is 27.5. The first kappa shape index (κ1) is 33.3. The highest BCUT2D eigenvalue weighted by molar-refractivity contribution is 5.94. The number of carbonyl (C=O) groups excluding carboxylic acids is 1. The molecule has 0 aromatic heterocycles. The number of phenols is 1. The van der Waals surface area contributed by atoms with Gasteiger partial charge in [-0.3, -0.25) is 9.59 Å². The van der Waals surface area contributed by atoms with Crippen molar-refractivity contribution in [2.75, 3.05) is 7.11 Å². The zero-order chi connectivity index (χ0) is 33.4. The van der Waals surface area contributed by atoms with Crippen LogP contribution in [-0.4, -0.2) is 40.3 Å². The smallest absolute Gasteiger partial charge is 0.310 e. The maximum atomic E-state index is 14.3. The van der Waals surface area contributed by atoms with E-state index < -0.39 is 16.8 Å². The summed E-state index contributed by atoms with van der Waals surface area (Å²) in [7, 11) is 1.51. The molecule has 1 aromatic carbocycles. The minimum atomic E-state index is -0.774. The highest BCUT2D eigenvalue weighted by atomic mass is 16.5. The van der Waals surface area contributed by atoms with E-state index in [4.69, 9.17) is 4.74 Å². The van der Waals surface area contributed by atoms with Gasteiger partial charge in [0.15, 0.2) is 17.3 Å². The summed E-state index contributed by atoms with van der Waals surface area (Å²) in [6.07, 6.45) is 13.7. The lowest BCUT2D eigenvalue weighted by Crippen LogP contribution is -2.66. The Morgan fingerprint density at radius 2 is 1.72 bits per heavy atom. The molecule has 0 bridgehead atoms. The molecule has 10 atom stereocenters. The molecule has 0 spiro atoms. The number of aliphatic hydroxyl groups excluding tert-OH is 1. The van der Waals surface area contributed by atoms with Crippen LogP contribution in [0.3, 0.4) is 0 Å². The average molecular weight is 633 g/mol. The molecule has 1 aromatic rings. The number of aromatic hydroxyl groups is 1. The highest BCUT2D eigenvalue weighted by Gasteiger charge is 2.71.